The number of carboxylic acids is 2. The third-order valence-electron chi connectivity index (χ3n) is 4.98. The van der Waals surface area contributed by atoms with Crippen LogP contribution in [0, 0.1) is 10.1 Å². The van der Waals surface area contributed by atoms with Gasteiger partial charge >= 0.3 is 11.9 Å². The van der Waals surface area contributed by atoms with E-state index in [2.05, 4.69) is 17.0 Å². The van der Waals surface area contributed by atoms with Crippen molar-refractivity contribution in [1.29, 1.82) is 0 Å². The van der Waals surface area contributed by atoms with Gasteiger partial charge in [-0.15, -0.1) is 0 Å². The number of sulfonamides is 1. The lowest BCUT2D eigenvalue weighted by Gasteiger charge is -2.33. The molecule has 1 saturated heterocycles. The zero-order chi connectivity index (χ0) is 24.4. The number of nitrogens with zero attached hydrogens (tertiary/aromatic N) is 3. The number of nitro groups is 1. The van der Waals surface area contributed by atoms with Crippen molar-refractivity contribution in [1.82, 2.24) is 9.21 Å². The highest BCUT2D eigenvalue weighted by Crippen LogP contribution is 2.26. The van der Waals surface area contributed by atoms with Crippen LogP contribution < -0.4 is 0 Å². The summed E-state index contributed by atoms with van der Waals surface area (Å²) in [4.78, 5) is 30.7. The minimum atomic E-state index is -3.86. The molecular formula is C21H25N3O8S. The lowest BCUT2D eigenvalue weighted by atomic mass is 10.1. The predicted molar refractivity (Wildman–Crippen MR) is 118 cm³/mol. The van der Waals surface area contributed by atoms with Crippen molar-refractivity contribution in [3.8, 4) is 0 Å². The molecule has 3 rings (SSSR count). The molecule has 2 aromatic carbocycles. The molecule has 0 atom stereocenters. The van der Waals surface area contributed by atoms with E-state index in [1.54, 1.807) is 0 Å². The van der Waals surface area contributed by atoms with Crippen molar-refractivity contribution in [3.05, 3.63) is 70.3 Å². The van der Waals surface area contributed by atoms with Gasteiger partial charge in [0.15, 0.2) is 4.90 Å². The molecule has 1 aliphatic heterocycles. The topological polar surface area (TPSA) is 158 Å². The minimum Gasteiger partial charge on any atom is -0.473 e. The third-order valence-corrected chi connectivity index (χ3v) is 6.92. The second-order valence-corrected chi connectivity index (χ2v) is 9.08. The lowest BCUT2D eigenvalue weighted by molar-refractivity contribution is -0.387. The highest BCUT2D eigenvalue weighted by Gasteiger charge is 2.33. The van der Waals surface area contributed by atoms with E-state index in [9.17, 15) is 18.5 Å². The van der Waals surface area contributed by atoms with E-state index in [1.165, 1.54) is 34.1 Å². The van der Waals surface area contributed by atoms with E-state index in [1.807, 2.05) is 18.2 Å². The summed E-state index contributed by atoms with van der Waals surface area (Å²) in [6.45, 7) is 2.87. The molecular weight excluding hydrogens is 454 g/mol. The Morgan fingerprint density at radius 3 is 2.00 bits per heavy atom. The van der Waals surface area contributed by atoms with Crippen LogP contribution in [0.1, 0.15) is 12.0 Å². The number of hydrogen-bond donors (Lipinski definition) is 2. The first-order valence-corrected chi connectivity index (χ1v) is 11.5. The number of para-hydroxylation sites is 1. The molecule has 0 amide bonds. The Balaban J connectivity index is 0.000000569. The largest absolute Gasteiger partial charge is 0.473 e. The fraction of sp³-hybridized carbons (Fsp3) is 0.333. The van der Waals surface area contributed by atoms with Crippen LogP contribution in [0.3, 0.4) is 0 Å². The lowest BCUT2D eigenvalue weighted by Crippen LogP contribution is -2.48. The van der Waals surface area contributed by atoms with Gasteiger partial charge in [0.25, 0.3) is 5.69 Å². The zero-order valence-corrected chi connectivity index (χ0v) is 18.6. The van der Waals surface area contributed by atoms with Gasteiger partial charge in [0.2, 0.25) is 10.0 Å². The molecule has 0 radical (unpaired) electrons. The van der Waals surface area contributed by atoms with Gasteiger partial charge in [-0.1, -0.05) is 42.5 Å². The molecule has 1 aliphatic rings. The van der Waals surface area contributed by atoms with E-state index in [-0.39, 0.29) is 10.6 Å². The van der Waals surface area contributed by atoms with Crippen LogP contribution in [0.15, 0.2) is 59.5 Å². The number of carbonyl (C=O) groups is 2. The number of carboxylic acid groups (broad SMARTS) is 2. The number of piperazine rings is 1. The van der Waals surface area contributed by atoms with Gasteiger partial charge < -0.3 is 15.1 Å². The van der Waals surface area contributed by atoms with Gasteiger partial charge in [0.1, 0.15) is 0 Å². The van der Waals surface area contributed by atoms with E-state index in [0.717, 1.165) is 19.4 Å². The van der Waals surface area contributed by atoms with Gasteiger partial charge in [-0.25, -0.2) is 18.0 Å². The van der Waals surface area contributed by atoms with Crippen LogP contribution in [0.25, 0.3) is 0 Å². The number of aliphatic carboxylic acids is 2. The van der Waals surface area contributed by atoms with Crippen molar-refractivity contribution in [2.75, 3.05) is 32.7 Å². The first-order valence-electron chi connectivity index (χ1n) is 10.1. The Morgan fingerprint density at radius 2 is 1.45 bits per heavy atom. The Bertz CT molecular complexity index is 1060. The average molecular weight is 480 g/mol. The summed E-state index contributed by atoms with van der Waals surface area (Å²) in [7, 11) is -3.86. The van der Waals surface area contributed by atoms with E-state index in [0.29, 0.717) is 26.2 Å². The smallest absolute Gasteiger partial charge is 0.414 e. The number of rotatable bonds is 7. The van der Waals surface area contributed by atoms with Gasteiger partial charge in [-0.05, 0) is 31.0 Å². The van der Waals surface area contributed by atoms with E-state index in [4.69, 9.17) is 19.8 Å². The fourth-order valence-electron chi connectivity index (χ4n) is 3.31. The molecule has 178 valence electrons. The quantitative estimate of drug-likeness (QED) is 0.342. The standard InChI is InChI=1S/C19H23N3O4S.C2H2O4/c23-22(24)18-10-4-5-11-19(18)27(25,26)21-15-13-20(14-16-21)12-6-9-17-7-2-1-3-8-17;3-1(4)2(5)6/h1-5,7-8,10-11H,6,9,12-16H2;(H,3,4)(H,5,6). The molecule has 11 nitrogen and oxygen atoms in total. The van der Waals surface area contributed by atoms with Gasteiger partial charge in [-0.3, -0.25) is 10.1 Å². The highest BCUT2D eigenvalue weighted by molar-refractivity contribution is 7.89. The number of aryl methyl sites for hydroxylation is 1. The second-order valence-electron chi connectivity index (χ2n) is 7.17. The van der Waals surface area contributed by atoms with Crippen LogP contribution in [0.4, 0.5) is 5.69 Å². The number of hydrogen-bond acceptors (Lipinski definition) is 7. The van der Waals surface area contributed by atoms with Crippen molar-refractivity contribution >= 4 is 27.6 Å². The molecule has 0 saturated carbocycles. The SMILES string of the molecule is O=C(O)C(=O)O.O=[N+]([O-])c1ccccc1S(=O)(=O)N1CCN(CCCc2ccccc2)CC1. The van der Waals surface area contributed by atoms with Crippen LogP contribution in [-0.2, 0) is 26.0 Å². The maximum atomic E-state index is 12.8. The molecule has 0 aliphatic carbocycles. The van der Waals surface area contributed by atoms with Crippen molar-refractivity contribution < 1.29 is 33.1 Å². The monoisotopic (exact) mass is 479 g/mol. The van der Waals surface area contributed by atoms with Crippen molar-refractivity contribution in [3.63, 3.8) is 0 Å². The maximum absolute atomic E-state index is 12.8. The molecule has 0 bridgehead atoms. The normalized spacial score (nSPS) is 14.7. The second kappa shape index (κ2) is 12.0. The van der Waals surface area contributed by atoms with E-state index >= 15 is 0 Å². The summed E-state index contributed by atoms with van der Waals surface area (Å²) < 4.78 is 27.0. The molecule has 2 N–H and O–H groups in total. The molecule has 1 fully saturated rings. The van der Waals surface area contributed by atoms with Crippen molar-refractivity contribution in [2.45, 2.75) is 17.7 Å². The van der Waals surface area contributed by atoms with Crippen LogP contribution in [0.2, 0.25) is 0 Å². The maximum Gasteiger partial charge on any atom is 0.414 e. The minimum absolute atomic E-state index is 0.229. The summed E-state index contributed by atoms with van der Waals surface area (Å²) in [5, 5.41) is 25.9. The van der Waals surface area contributed by atoms with Crippen LogP contribution in [0.5, 0.6) is 0 Å². The van der Waals surface area contributed by atoms with Crippen LogP contribution >= 0.6 is 0 Å². The van der Waals surface area contributed by atoms with E-state index < -0.39 is 26.9 Å². The predicted octanol–water partition coefficient (Wildman–Crippen LogP) is 1.69. The molecule has 0 spiro atoms. The number of nitro benzene ring substituents is 1. The molecule has 0 unspecified atom stereocenters. The summed E-state index contributed by atoms with van der Waals surface area (Å²) in [5.41, 5.74) is 0.929. The number of benzene rings is 2. The summed E-state index contributed by atoms with van der Waals surface area (Å²) in [6, 6.07) is 15.8. The zero-order valence-electron chi connectivity index (χ0n) is 17.7. The van der Waals surface area contributed by atoms with Crippen LogP contribution in [-0.4, -0.2) is 77.4 Å². The van der Waals surface area contributed by atoms with Gasteiger partial charge in [0, 0.05) is 32.2 Å². The Morgan fingerprint density at radius 1 is 0.909 bits per heavy atom. The third kappa shape index (κ3) is 7.63. The first kappa shape index (κ1) is 25.9. The van der Waals surface area contributed by atoms with Gasteiger partial charge in [-0.2, -0.15) is 4.31 Å². The Hall–Kier alpha value is -3.35. The molecule has 2 aromatic rings. The molecule has 0 aromatic heterocycles. The first-order chi connectivity index (χ1) is 15.6. The highest BCUT2D eigenvalue weighted by atomic mass is 32.2. The molecule has 12 heteroatoms. The fourth-order valence-corrected chi connectivity index (χ4v) is 4.89. The van der Waals surface area contributed by atoms with Gasteiger partial charge in [0.05, 0.1) is 4.92 Å². The molecule has 1 heterocycles. The summed E-state index contributed by atoms with van der Waals surface area (Å²) in [5.74, 6) is -3.65. The Kier molecular flexibility index (Phi) is 9.45. The average Bonchev–Trinajstić information content (AvgIpc) is 2.80. The summed E-state index contributed by atoms with van der Waals surface area (Å²) >= 11 is 0. The molecule has 33 heavy (non-hydrogen) atoms. The summed E-state index contributed by atoms with van der Waals surface area (Å²) in [6.07, 6.45) is 2.01. The van der Waals surface area contributed by atoms with Crippen molar-refractivity contribution in [2.24, 2.45) is 0 Å². The Labute approximate surface area is 191 Å².